The van der Waals surface area contributed by atoms with E-state index in [0.29, 0.717) is 0 Å². The predicted octanol–water partition coefficient (Wildman–Crippen LogP) is 5.71. The molecule has 0 aromatic heterocycles. The second-order valence-corrected chi connectivity index (χ2v) is 6.89. The van der Waals surface area contributed by atoms with Gasteiger partial charge in [-0.05, 0) is 37.0 Å². The van der Waals surface area contributed by atoms with Gasteiger partial charge >= 0.3 is 0 Å². The lowest BCUT2D eigenvalue weighted by Crippen LogP contribution is -2.28. The molecule has 0 amide bonds. The molecule has 1 atom stereocenters. The molecule has 0 heterocycles. The van der Waals surface area contributed by atoms with Gasteiger partial charge in [-0.3, -0.25) is 11.3 Å². The zero-order valence-electron chi connectivity index (χ0n) is 13.8. The van der Waals surface area contributed by atoms with E-state index in [1.54, 1.807) is 0 Å². The van der Waals surface area contributed by atoms with Crippen molar-refractivity contribution in [3.63, 3.8) is 0 Å². The largest absolute Gasteiger partial charge is 0.271 e. The molecule has 0 radical (unpaired) electrons. The summed E-state index contributed by atoms with van der Waals surface area (Å²) in [4.78, 5) is 0. The van der Waals surface area contributed by atoms with Crippen LogP contribution in [-0.2, 0) is 0 Å². The number of aryl methyl sites for hydroxylation is 2. The normalized spacial score (nSPS) is 12.6. The second-order valence-electron chi connectivity index (χ2n) is 6.10. The quantitative estimate of drug-likeness (QED) is 0.320. The van der Waals surface area contributed by atoms with Crippen molar-refractivity contribution in [3.8, 4) is 0 Å². The first-order valence-electron chi connectivity index (χ1n) is 8.33. The molecular weight excluding hydrogens is 324 g/mol. The van der Waals surface area contributed by atoms with Crippen LogP contribution in [0, 0.1) is 13.8 Å². The number of benzene rings is 1. The van der Waals surface area contributed by atoms with E-state index in [1.165, 1.54) is 66.1 Å². The lowest BCUT2D eigenvalue weighted by molar-refractivity contribution is 0.475. The molecule has 1 rings (SSSR count). The molecule has 0 aliphatic carbocycles. The standard InChI is InChI=1S/C18H31BrN2/c1-4-5-6-7-8-9-10-11-17(21-20)16-12-14(2)18(19)15(3)13-16/h12-13,17,21H,4-11,20H2,1-3H3. The van der Waals surface area contributed by atoms with Crippen LogP contribution in [0.1, 0.15) is 81.0 Å². The van der Waals surface area contributed by atoms with E-state index in [9.17, 15) is 0 Å². The third-order valence-corrected chi connectivity index (χ3v) is 5.41. The van der Waals surface area contributed by atoms with Crippen LogP contribution in [0.2, 0.25) is 0 Å². The lowest BCUT2D eigenvalue weighted by atomic mass is 9.97. The maximum Gasteiger partial charge on any atom is 0.0460 e. The highest BCUT2D eigenvalue weighted by atomic mass is 79.9. The van der Waals surface area contributed by atoms with Gasteiger partial charge in [0.1, 0.15) is 0 Å². The Bertz CT molecular complexity index is 395. The summed E-state index contributed by atoms with van der Waals surface area (Å²) in [7, 11) is 0. The maximum absolute atomic E-state index is 5.76. The van der Waals surface area contributed by atoms with Crippen LogP contribution in [-0.4, -0.2) is 0 Å². The molecule has 1 aromatic carbocycles. The molecular formula is C18H31BrN2. The average Bonchev–Trinajstić information content (AvgIpc) is 2.47. The summed E-state index contributed by atoms with van der Waals surface area (Å²) in [5.41, 5.74) is 6.86. The van der Waals surface area contributed by atoms with Crippen molar-refractivity contribution in [3.05, 3.63) is 33.3 Å². The van der Waals surface area contributed by atoms with Crippen LogP contribution in [0.3, 0.4) is 0 Å². The van der Waals surface area contributed by atoms with E-state index in [-0.39, 0.29) is 6.04 Å². The molecule has 0 saturated carbocycles. The summed E-state index contributed by atoms with van der Waals surface area (Å²) in [6.07, 6.45) is 10.5. The SMILES string of the molecule is CCCCCCCCCC(NN)c1cc(C)c(Br)c(C)c1. The highest BCUT2D eigenvalue weighted by Gasteiger charge is 2.12. The molecule has 0 bridgehead atoms. The summed E-state index contributed by atoms with van der Waals surface area (Å²) in [5, 5.41) is 0. The van der Waals surface area contributed by atoms with E-state index in [1.807, 2.05) is 0 Å². The molecule has 0 aliphatic rings. The number of nitrogens with one attached hydrogen (secondary N) is 1. The third kappa shape index (κ3) is 6.50. The highest BCUT2D eigenvalue weighted by molar-refractivity contribution is 9.10. The number of unbranched alkanes of at least 4 members (excludes halogenated alkanes) is 6. The number of hydrazine groups is 1. The number of halogens is 1. The summed E-state index contributed by atoms with van der Waals surface area (Å²) >= 11 is 3.63. The van der Waals surface area contributed by atoms with Gasteiger partial charge in [-0.2, -0.15) is 0 Å². The molecule has 21 heavy (non-hydrogen) atoms. The predicted molar refractivity (Wildman–Crippen MR) is 96.3 cm³/mol. The molecule has 3 heteroatoms. The highest BCUT2D eigenvalue weighted by Crippen LogP contribution is 2.27. The molecule has 1 aromatic rings. The van der Waals surface area contributed by atoms with Crippen molar-refractivity contribution in [2.75, 3.05) is 0 Å². The molecule has 2 nitrogen and oxygen atoms in total. The fourth-order valence-corrected chi connectivity index (χ4v) is 3.06. The van der Waals surface area contributed by atoms with Crippen molar-refractivity contribution in [1.82, 2.24) is 5.43 Å². The van der Waals surface area contributed by atoms with Crippen molar-refractivity contribution in [1.29, 1.82) is 0 Å². The summed E-state index contributed by atoms with van der Waals surface area (Å²) < 4.78 is 1.21. The van der Waals surface area contributed by atoms with Gasteiger partial charge in [0, 0.05) is 10.5 Å². The minimum absolute atomic E-state index is 0.270. The minimum Gasteiger partial charge on any atom is -0.271 e. The van der Waals surface area contributed by atoms with Crippen molar-refractivity contribution < 1.29 is 0 Å². The Labute approximate surface area is 139 Å². The molecule has 0 fully saturated rings. The summed E-state index contributed by atoms with van der Waals surface area (Å²) in [6.45, 7) is 6.55. The Balaban J connectivity index is 2.41. The Morgan fingerprint density at radius 2 is 1.52 bits per heavy atom. The Kier molecular flexibility index (Phi) is 9.21. The summed E-state index contributed by atoms with van der Waals surface area (Å²) in [5.74, 6) is 5.76. The van der Waals surface area contributed by atoms with E-state index < -0.39 is 0 Å². The van der Waals surface area contributed by atoms with E-state index >= 15 is 0 Å². The fraction of sp³-hybridized carbons (Fsp3) is 0.667. The summed E-state index contributed by atoms with van der Waals surface area (Å²) in [6, 6.07) is 4.75. The fourth-order valence-electron chi connectivity index (χ4n) is 2.83. The first-order chi connectivity index (χ1) is 10.1. The first-order valence-corrected chi connectivity index (χ1v) is 9.12. The van der Waals surface area contributed by atoms with Gasteiger partial charge < -0.3 is 0 Å². The van der Waals surface area contributed by atoms with Gasteiger partial charge in [0.15, 0.2) is 0 Å². The lowest BCUT2D eigenvalue weighted by Gasteiger charge is -2.18. The van der Waals surface area contributed by atoms with Crippen molar-refractivity contribution >= 4 is 15.9 Å². The van der Waals surface area contributed by atoms with Crippen LogP contribution >= 0.6 is 15.9 Å². The van der Waals surface area contributed by atoms with E-state index in [0.717, 1.165) is 6.42 Å². The molecule has 1 unspecified atom stereocenters. The zero-order valence-corrected chi connectivity index (χ0v) is 15.4. The topological polar surface area (TPSA) is 38.0 Å². The van der Waals surface area contributed by atoms with Gasteiger partial charge in [0.05, 0.1) is 0 Å². The number of hydrogen-bond donors (Lipinski definition) is 2. The second kappa shape index (κ2) is 10.4. The first kappa shape index (κ1) is 18.7. The van der Waals surface area contributed by atoms with Crippen LogP contribution < -0.4 is 11.3 Å². The monoisotopic (exact) mass is 354 g/mol. The minimum atomic E-state index is 0.270. The number of rotatable bonds is 10. The molecule has 120 valence electrons. The van der Waals surface area contributed by atoms with Crippen LogP contribution in [0.25, 0.3) is 0 Å². The maximum atomic E-state index is 5.76. The van der Waals surface area contributed by atoms with Gasteiger partial charge in [0.2, 0.25) is 0 Å². The zero-order chi connectivity index (χ0) is 15.7. The Morgan fingerprint density at radius 3 is 2.05 bits per heavy atom. The number of hydrogen-bond acceptors (Lipinski definition) is 2. The Hall–Kier alpha value is -0.380. The van der Waals surface area contributed by atoms with Crippen molar-refractivity contribution in [2.45, 2.75) is 78.2 Å². The van der Waals surface area contributed by atoms with E-state index in [2.05, 4.69) is 54.3 Å². The van der Waals surface area contributed by atoms with Crippen LogP contribution in [0.5, 0.6) is 0 Å². The van der Waals surface area contributed by atoms with E-state index in [4.69, 9.17) is 5.84 Å². The molecule has 0 aliphatic heterocycles. The smallest absolute Gasteiger partial charge is 0.0460 e. The van der Waals surface area contributed by atoms with Crippen molar-refractivity contribution in [2.24, 2.45) is 5.84 Å². The van der Waals surface area contributed by atoms with Gasteiger partial charge in [0.25, 0.3) is 0 Å². The third-order valence-electron chi connectivity index (χ3n) is 4.16. The average molecular weight is 355 g/mol. The molecule has 3 N–H and O–H groups in total. The van der Waals surface area contributed by atoms with Crippen LogP contribution in [0.4, 0.5) is 0 Å². The Morgan fingerprint density at radius 1 is 1.00 bits per heavy atom. The molecule has 0 spiro atoms. The van der Waals surface area contributed by atoms with Crippen LogP contribution in [0.15, 0.2) is 16.6 Å². The van der Waals surface area contributed by atoms with Gasteiger partial charge in [-0.15, -0.1) is 0 Å². The molecule has 0 saturated heterocycles. The van der Waals surface area contributed by atoms with Gasteiger partial charge in [-0.25, -0.2) is 0 Å². The van der Waals surface area contributed by atoms with Gasteiger partial charge in [-0.1, -0.05) is 79.9 Å². The number of nitrogens with two attached hydrogens (primary N) is 1.